The molecule has 6 N–H and O–H groups in total. The molecule has 4 atom stereocenters. The molecule has 10 heteroatoms. The van der Waals surface area contributed by atoms with E-state index in [1.165, 1.54) is 11.0 Å². The number of Topliss-reactive ketones (excluding diaryl/α,β-unsaturated/α-hetero) is 2. The van der Waals surface area contributed by atoms with Crippen molar-refractivity contribution in [2.24, 2.45) is 17.6 Å². The Morgan fingerprint density at radius 3 is 2.44 bits per heavy atom. The summed E-state index contributed by atoms with van der Waals surface area (Å²) >= 11 is 0. The summed E-state index contributed by atoms with van der Waals surface area (Å²) in [7, 11) is 3.18. The summed E-state index contributed by atoms with van der Waals surface area (Å²) in [6.45, 7) is 2.28. The third-order valence-corrected chi connectivity index (χ3v) is 8.08. The van der Waals surface area contributed by atoms with Crippen LogP contribution in [-0.4, -0.2) is 75.1 Å². The lowest BCUT2D eigenvalue weighted by atomic mass is 9.58. The highest BCUT2D eigenvalue weighted by atomic mass is 16.5. The van der Waals surface area contributed by atoms with E-state index in [0.717, 1.165) is 5.56 Å². The lowest BCUT2D eigenvalue weighted by molar-refractivity contribution is -0.148. The molecule has 10 nitrogen and oxygen atoms in total. The summed E-state index contributed by atoms with van der Waals surface area (Å²) in [5, 5.41) is 44.8. The Balaban J connectivity index is 1.72. The van der Waals surface area contributed by atoms with Crippen molar-refractivity contribution in [1.29, 1.82) is 0 Å². The van der Waals surface area contributed by atoms with Gasteiger partial charge in [0.1, 0.15) is 28.6 Å². The molecule has 0 heterocycles. The highest BCUT2D eigenvalue weighted by molar-refractivity contribution is 6.24. The van der Waals surface area contributed by atoms with Crippen LogP contribution in [0, 0.1) is 11.8 Å². The topological polar surface area (TPSA) is 171 Å². The average molecular weight is 535 g/mol. The van der Waals surface area contributed by atoms with Crippen LogP contribution in [0.4, 0.5) is 0 Å². The molecular weight excluding hydrogens is 504 g/mol. The van der Waals surface area contributed by atoms with Gasteiger partial charge in [-0.15, -0.1) is 0 Å². The van der Waals surface area contributed by atoms with Gasteiger partial charge >= 0.3 is 0 Å². The van der Waals surface area contributed by atoms with Gasteiger partial charge < -0.3 is 30.9 Å². The summed E-state index contributed by atoms with van der Waals surface area (Å²) in [5.74, 6) is -6.19. The van der Waals surface area contributed by atoms with Crippen molar-refractivity contribution in [2.75, 3.05) is 20.7 Å². The fourth-order valence-corrected chi connectivity index (χ4v) is 6.47. The number of amides is 1. The molecule has 0 saturated carbocycles. The van der Waals surface area contributed by atoms with Crippen LogP contribution in [0.25, 0.3) is 11.1 Å². The number of carbonyl (C=O) groups excluding carboxylic acids is 3. The van der Waals surface area contributed by atoms with E-state index in [1.807, 2.05) is 25.1 Å². The molecule has 2 aromatic carbocycles. The van der Waals surface area contributed by atoms with Gasteiger partial charge in [0, 0.05) is 17.1 Å². The number of phenolic OH excluding ortho intramolecular Hbond substituents is 1. The quantitative estimate of drug-likeness (QED) is 0.361. The Morgan fingerprint density at radius 1 is 1.10 bits per heavy atom. The number of hydrogen-bond acceptors (Lipinski definition) is 9. The van der Waals surface area contributed by atoms with E-state index in [-0.39, 0.29) is 29.7 Å². The SMILES string of the molecule is CCOc1ccccc1-c1ccc(O)c2c1CC1CC3C(N(C)C)C(O)=C(C(N)=O)C(=O)C3(O)C(O)=C1C2=O. The maximum Gasteiger partial charge on any atom is 0.255 e. The standard InChI is InChI=1S/C29H30N2O8/c1-4-39-19-8-6-5-7-15(19)14-9-10-18(32)21-16(14)11-13-12-17-23(31(2)3)25(34)22(28(30)37)27(36)29(17,38)26(35)20(13)24(21)33/h5-10,13,17,23,32,34-35,38H,4,11-12H2,1-3H3,(H2,30,37). The zero-order valence-corrected chi connectivity index (χ0v) is 21.8. The number of aliphatic hydroxyl groups excluding tert-OH is 2. The molecule has 0 radical (unpaired) electrons. The number of aliphatic hydroxyl groups is 3. The third kappa shape index (κ3) is 3.66. The van der Waals surface area contributed by atoms with Crippen molar-refractivity contribution >= 4 is 17.5 Å². The molecule has 0 spiro atoms. The zero-order chi connectivity index (χ0) is 28.4. The van der Waals surface area contributed by atoms with E-state index < -0.39 is 58.0 Å². The molecule has 0 fully saturated rings. The first-order valence-corrected chi connectivity index (χ1v) is 12.7. The van der Waals surface area contributed by atoms with Crippen LogP contribution in [0.5, 0.6) is 11.5 Å². The van der Waals surface area contributed by atoms with E-state index in [2.05, 4.69) is 0 Å². The normalized spacial score (nSPS) is 26.3. The van der Waals surface area contributed by atoms with Gasteiger partial charge in [-0.1, -0.05) is 24.3 Å². The Kier molecular flexibility index (Phi) is 6.27. The van der Waals surface area contributed by atoms with Crippen LogP contribution in [0.15, 0.2) is 59.1 Å². The largest absolute Gasteiger partial charge is 0.510 e. The van der Waals surface area contributed by atoms with Gasteiger partial charge in [-0.25, -0.2) is 0 Å². The molecule has 4 unspecified atom stereocenters. The predicted molar refractivity (Wildman–Crippen MR) is 140 cm³/mol. The van der Waals surface area contributed by atoms with Gasteiger partial charge in [-0.3, -0.25) is 19.3 Å². The molecule has 0 bridgehead atoms. The van der Waals surface area contributed by atoms with Crippen molar-refractivity contribution in [2.45, 2.75) is 31.4 Å². The highest BCUT2D eigenvalue weighted by Gasteiger charge is 2.63. The number of primary amides is 1. The first kappa shape index (κ1) is 26.5. The van der Waals surface area contributed by atoms with Crippen molar-refractivity contribution in [3.63, 3.8) is 0 Å². The number of rotatable bonds is 5. The maximum atomic E-state index is 13.9. The van der Waals surface area contributed by atoms with E-state index in [4.69, 9.17) is 10.5 Å². The Bertz CT molecular complexity index is 1490. The fraction of sp³-hybridized carbons (Fsp3) is 0.345. The van der Waals surface area contributed by atoms with Crippen molar-refractivity contribution in [3.05, 3.63) is 70.2 Å². The van der Waals surface area contributed by atoms with Crippen molar-refractivity contribution in [3.8, 4) is 22.6 Å². The summed E-state index contributed by atoms with van der Waals surface area (Å²) in [6.07, 6.45) is 0.215. The van der Waals surface area contributed by atoms with Crippen LogP contribution in [0.2, 0.25) is 0 Å². The molecule has 0 aliphatic heterocycles. The number of likely N-dealkylation sites (N-methyl/N-ethyl adjacent to an activating group) is 1. The first-order valence-electron chi connectivity index (χ1n) is 12.7. The molecule has 0 aromatic heterocycles. The molecule has 0 saturated heterocycles. The second kappa shape index (κ2) is 9.25. The number of nitrogens with zero attached hydrogens (tertiary/aromatic N) is 1. The van der Waals surface area contributed by atoms with Crippen LogP contribution >= 0.6 is 0 Å². The number of ether oxygens (including phenoxy) is 1. The molecule has 39 heavy (non-hydrogen) atoms. The number of phenols is 1. The number of carbonyl (C=O) groups is 3. The zero-order valence-electron chi connectivity index (χ0n) is 21.8. The summed E-state index contributed by atoms with van der Waals surface area (Å²) < 4.78 is 5.80. The second-order valence-electron chi connectivity index (χ2n) is 10.4. The van der Waals surface area contributed by atoms with Crippen molar-refractivity contribution < 1.29 is 39.5 Å². The molecule has 3 aliphatic rings. The molecule has 2 aromatic rings. The predicted octanol–water partition coefficient (Wildman–Crippen LogP) is 2.19. The van der Waals surface area contributed by atoms with Crippen LogP contribution in [-0.2, 0) is 16.0 Å². The third-order valence-electron chi connectivity index (χ3n) is 8.08. The molecule has 1 amide bonds. The van der Waals surface area contributed by atoms with Crippen LogP contribution in [0.1, 0.15) is 29.3 Å². The lowest BCUT2D eigenvalue weighted by Gasteiger charge is -2.50. The van der Waals surface area contributed by atoms with Crippen LogP contribution < -0.4 is 10.5 Å². The number of allylic oxidation sites excluding steroid dienone is 1. The molecule has 3 aliphatic carbocycles. The van der Waals surface area contributed by atoms with Gasteiger partial charge in [0.05, 0.1) is 18.2 Å². The van der Waals surface area contributed by atoms with Gasteiger partial charge in [0.2, 0.25) is 5.78 Å². The number of fused-ring (bicyclic) bond motifs is 3. The number of hydrogen-bond donors (Lipinski definition) is 5. The van der Waals surface area contributed by atoms with Gasteiger partial charge in [0.25, 0.3) is 5.91 Å². The van der Waals surface area contributed by atoms with Gasteiger partial charge in [-0.2, -0.15) is 0 Å². The number of nitrogens with two attached hydrogens (primary N) is 1. The average Bonchev–Trinajstić information content (AvgIpc) is 2.87. The summed E-state index contributed by atoms with van der Waals surface area (Å²) in [5.41, 5.74) is 3.57. The number of benzene rings is 2. The Morgan fingerprint density at radius 2 is 1.79 bits per heavy atom. The minimum absolute atomic E-state index is 0.0218. The molecule has 5 rings (SSSR count). The smallest absolute Gasteiger partial charge is 0.255 e. The Hall–Kier alpha value is -4.15. The van der Waals surface area contributed by atoms with Gasteiger partial charge in [0.15, 0.2) is 11.4 Å². The summed E-state index contributed by atoms with van der Waals surface area (Å²) in [4.78, 5) is 40.9. The molecular formula is C29H30N2O8. The van der Waals surface area contributed by atoms with E-state index >= 15 is 0 Å². The minimum Gasteiger partial charge on any atom is -0.510 e. The fourth-order valence-electron chi connectivity index (χ4n) is 6.47. The maximum absolute atomic E-state index is 13.9. The monoisotopic (exact) mass is 534 g/mol. The summed E-state index contributed by atoms with van der Waals surface area (Å²) in [6, 6.07) is 9.36. The van der Waals surface area contributed by atoms with E-state index in [1.54, 1.807) is 26.2 Å². The first-order chi connectivity index (χ1) is 18.4. The van der Waals surface area contributed by atoms with E-state index in [0.29, 0.717) is 23.5 Å². The Labute approximate surface area is 224 Å². The van der Waals surface area contributed by atoms with Crippen molar-refractivity contribution in [1.82, 2.24) is 4.90 Å². The minimum atomic E-state index is -2.67. The number of para-hydroxylation sites is 1. The molecule has 204 valence electrons. The highest BCUT2D eigenvalue weighted by Crippen LogP contribution is 2.53. The second-order valence-corrected chi connectivity index (χ2v) is 10.4. The number of aromatic hydroxyl groups is 1. The van der Waals surface area contributed by atoms with Gasteiger partial charge in [-0.05, 0) is 63.0 Å². The van der Waals surface area contributed by atoms with E-state index in [9.17, 15) is 34.8 Å². The van der Waals surface area contributed by atoms with Crippen LogP contribution in [0.3, 0.4) is 0 Å². The number of ketones is 2. The lowest BCUT2D eigenvalue weighted by Crippen LogP contribution is -2.63.